The second-order valence-corrected chi connectivity index (χ2v) is 15.9. The van der Waals surface area contributed by atoms with E-state index in [9.17, 15) is 4.79 Å². The van der Waals surface area contributed by atoms with Crippen molar-refractivity contribution in [2.24, 2.45) is 62.1 Å². The molecule has 6 fully saturated rings. The van der Waals surface area contributed by atoms with E-state index in [0.717, 1.165) is 31.1 Å². The Morgan fingerprint density at radius 1 is 0.794 bits per heavy atom. The molecule has 0 spiro atoms. The number of rotatable bonds is 1. The molecule has 2 heteroatoms. The molecule has 0 amide bonds. The summed E-state index contributed by atoms with van der Waals surface area (Å²) in [6.45, 7) is 22.1. The zero-order valence-corrected chi connectivity index (χ0v) is 23.1. The number of allylic oxidation sites excluding steroid dienone is 1. The number of hydrogen-bond acceptors (Lipinski definition) is 2. The zero-order valence-electron chi connectivity index (χ0n) is 23.1. The Balaban J connectivity index is 1.40. The Kier molecular flexibility index (Phi) is 4.68. The summed E-state index contributed by atoms with van der Waals surface area (Å²) in [6, 6.07) is 0. The van der Waals surface area contributed by atoms with Crippen LogP contribution in [0.15, 0.2) is 12.7 Å². The summed E-state index contributed by atoms with van der Waals surface area (Å²) in [5.74, 6) is 3.49. The third-order valence-electron chi connectivity index (χ3n) is 14.4. The molecule has 2 bridgehead atoms. The smallest absolute Gasteiger partial charge is 0.312 e. The minimum Gasteiger partial charge on any atom is -0.461 e. The molecule has 34 heavy (non-hydrogen) atoms. The first-order valence-corrected chi connectivity index (χ1v) is 14.6. The molecule has 5 aliphatic carbocycles. The van der Waals surface area contributed by atoms with Crippen molar-refractivity contribution in [1.29, 1.82) is 0 Å². The van der Waals surface area contributed by atoms with Crippen LogP contribution in [-0.2, 0) is 9.53 Å². The standard InChI is InChI=1S/C32H50O2/c1-9-20-12-14-29(6)22(28(20,4)5)13-15-31(8)23(29)11-10-21-24-25-27(2,3)16-18-32(24,26(33)34-25)19-17-30(21,31)7/h9,20-25H,1,10-19H2,2-8H3/t20?,21?,22?,23?,24?,25?,29-,30+,31+,32?/m0/s1. The molecule has 190 valence electrons. The number of hydrogen-bond donors (Lipinski definition) is 0. The third-order valence-corrected chi connectivity index (χ3v) is 14.4. The van der Waals surface area contributed by atoms with Crippen LogP contribution < -0.4 is 0 Å². The molecular weight excluding hydrogens is 416 g/mol. The summed E-state index contributed by atoms with van der Waals surface area (Å²) < 4.78 is 6.31. The van der Waals surface area contributed by atoms with E-state index in [1.165, 1.54) is 44.9 Å². The fourth-order valence-corrected chi connectivity index (χ4v) is 12.3. The van der Waals surface area contributed by atoms with Gasteiger partial charge < -0.3 is 4.74 Å². The lowest BCUT2D eigenvalue weighted by Gasteiger charge is -2.73. The van der Waals surface area contributed by atoms with Crippen molar-refractivity contribution in [2.45, 2.75) is 119 Å². The lowest BCUT2D eigenvalue weighted by molar-refractivity contribution is -0.245. The van der Waals surface area contributed by atoms with Crippen molar-refractivity contribution in [3.63, 3.8) is 0 Å². The van der Waals surface area contributed by atoms with Gasteiger partial charge in [-0.25, -0.2) is 0 Å². The van der Waals surface area contributed by atoms with Crippen molar-refractivity contribution in [3.05, 3.63) is 12.7 Å². The predicted molar refractivity (Wildman–Crippen MR) is 138 cm³/mol. The summed E-state index contributed by atoms with van der Waals surface area (Å²) in [4.78, 5) is 13.4. The zero-order chi connectivity index (χ0) is 24.5. The lowest BCUT2D eigenvalue weighted by Crippen LogP contribution is -2.67. The van der Waals surface area contributed by atoms with E-state index in [1.807, 2.05) is 0 Å². The number of carbonyl (C=O) groups is 1. The second-order valence-electron chi connectivity index (χ2n) is 15.9. The van der Waals surface area contributed by atoms with E-state index < -0.39 is 0 Å². The molecule has 6 rings (SSSR count). The molecule has 1 aliphatic heterocycles. The first-order chi connectivity index (χ1) is 15.8. The Hall–Kier alpha value is -0.790. The highest BCUT2D eigenvalue weighted by Gasteiger charge is 2.75. The van der Waals surface area contributed by atoms with E-state index in [-0.39, 0.29) is 22.9 Å². The van der Waals surface area contributed by atoms with Crippen molar-refractivity contribution in [1.82, 2.24) is 0 Å². The molecule has 5 saturated carbocycles. The Morgan fingerprint density at radius 3 is 2.21 bits per heavy atom. The van der Waals surface area contributed by atoms with E-state index in [1.54, 1.807) is 0 Å². The van der Waals surface area contributed by atoms with Crippen molar-refractivity contribution in [2.75, 3.05) is 0 Å². The van der Waals surface area contributed by atoms with Crippen LogP contribution in [0.3, 0.4) is 0 Å². The summed E-state index contributed by atoms with van der Waals surface area (Å²) in [6.07, 6.45) is 15.0. The fraction of sp³-hybridized carbons (Fsp3) is 0.906. The average Bonchev–Trinajstić information content (AvgIpc) is 3.01. The molecular formula is C32H50O2. The van der Waals surface area contributed by atoms with E-state index in [4.69, 9.17) is 4.74 Å². The highest BCUT2D eigenvalue weighted by atomic mass is 16.6. The number of fused-ring (bicyclic) bond motifs is 5. The maximum Gasteiger partial charge on any atom is 0.312 e. The van der Waals surface area contributed by atoms with Crippen molar-refractivity contribution < 1.29 is 9.53 Å². The van der Waals surface area contributed by atoms with Gasteiger partial charge in [0.05, 0.1) is 5.41 Å². The normalized spacial score (nSPS) is 56.9. The molecule has 0 aromatic carbocycles. The van der Waals surface area contributed by atoms with Crippen LogP contribution in [0, 0.1) is 62.1 Å². The van der Waals surface area contributed by atoms with Crippen LogP contribution in [0.2, 0.25) is 0 Å². The molecule has 0 radical (unpaired) electrons. The monoisotopic (exact) mass is 466 g/mol. The molecule has 0 aromatic heterocycles. The number of carbonyl (C=O) groups excluding carboxylic acids is 1. The summed E-state index contributed by atoms with van der Waals surface area (Å²) in [7, 11) is 0. The van der Waals surface area contributed by atoms with Crippen molar-refractivity contribution >= 4 is 5.97 Å². The molecule has 7 unspecified atom stereocenters. The quantitative estimate of drug-likeness (QED) is 0.287. The van der Waals surface area contributed by atoms with Crippen LogP contribution >= 0.6 is 0 Å². The fourth-order valence-electron chi connectivity index (χ4n) is 12.3. The Labute approximate surface area is 209 Å². The SMILES string of the molecule is C=CC1CC[C@@]2(C)C(CC[C@]3(C)C2CCC2C4C5OC(=O)C4(CCC5(C)C)CC[C@]23C)C1(C)C. The van der Waals surface area contributed by atoms with Gasteiger partial charge in [-0.2, -0.15) is 0 Å². The summed E-state index contributed by atoms with van der Waals surface area (Å²) >= 11 is 0. The number of ether oxygens (including phenoxy) is 1. The minimum atomic E-state index is -0.168. The Morgan fingerprint density at radius 2 is 1.50 bits per heavy atom. The molecule has 6 aliphatic rings. The number of esters is 1. The van der Waals surface area contributed by atoms with Gasteiger partial charge in [-0.05, 0) is 110 Å². The second kappa shape index (κ2) is 6.74. The van der Waals surface area contributed by atoms with E-state index in [0.29, 0.717) is 39.4 Å². The third kappa shape index (κ3) is 2.48. The van der Waals surface area contributed by atoms with Crippen molar-refractivity contribution in [3.8, 4) is 0 Å². The van der Waals surface area contributed by atoms with Gasteiger partial charge >= 0.3 is 5.97 Å². The largest absolute Gasteiger partial charge is 0.461 e. The molecule has 0 aromatic rings. The van der Waals surface area contributed by atoms with Crippen LogP contribution in [0.4, 0.5) is 0 Å². The van der Waals surface area contributed by atoms with E-state index >= 15 is 0 Å². The van der Waals surface area contributed by atoms with Crippen LogP contribution in [0.5, 0.6) is 0 Å². The lowest BCUT2D eigenvalue weighted by atomic mass is 9.31. The Bertz CT molecular complexity index is 916. The molecule has 10 atom stereocenters. The highest BCUT2D eigenvalue weighted by Crippen LogP contribution is 2.78. The van der Waals surface area contributed by atoms with E-state index in [2.05, 4.69) is 61.1 Å². The topological polar surface area (TPSA) is 26.3 Å². The van der Waals surface area contributed by atoms with Crippen LogP contribution in [0.1, 0.15) is 113 Å². The van der Waals surface area contributed by atoms with Crippen LogP contribution in [0.25, 0.3) is 0 Å². The van der Waals surface area contributed by atoms with Gasteiger partial charge in [-0.15, -0.1) is 6.58 Å². The first-order valence-electron chi connectivity index (χ1n) is 14.6. The summed E-state index contributed by atoms with van der Waals surface area (Å²) in [5, 5.41) is 0. The van der Waals surface area contributed by atoms with Gasteiger partial charge in [-0.3, -0.25) is 4.79 Å². The molecule has 1 heterocycles. The minimum absolute atomic E-state index is 0.118. The highest BCUT2D eigenvalue weighted by molar-refractivity contribution is 5.81. The van der Waals surface area contributed by atoms with Gasteiger partial charge in [0.25, 0.3) is 0 Å². The van der Waals surface area contributed by atoms with Gasteiger partial charge in [0.15, 0.2) is 0 Å². The maximum atomic E-state index is 13.4. The first kappa shape index (κ1) is 23.6. The molecule has 2 nitrogen and oxygen atoms in total. The van der Waals surface area contributed by atoms with Crippen LogP contribution in [-0.4, -0.2) is 12.1 Å². The molecule has 0 N–H and O–H groups in total. The van der Waals surface area contributed by atoms with Gasteiger partial charge in [-0.1, -0.05) is 54.5 Å². The molecule has 1 saturated heterocycles. The maximum absolute atomic E-state index is 13.4. The van der Waals surface area contributed by atoms with Gasteiger partial charge in [0.2, 0.25) is 0 Å². The van der Waals surface area contributed by atoms with Gasteiger partial charge in [0.1, 0.15) is 6.10 Å². The van der Waals surface area contributed by atoms with Gasteiger partial charge in [0, 0.05) is 11.3 Å². The summed E-state index contributed by atoms with van der Waals surface area (Å²) in [5.41, 5.74) is 1.40. The average molecular weight is 467 g/mol. The predicted octanol–water partition coefficient (Wildman–Crippen LogP) is 8.21.